The smallest absolute Gasteiger partial charge is 0.222 e. The van der Waals surface area contributed by atoms with E-state index < -0.39 is 0 Å². The van der Waals surface area contributed by atoms with Crippen LogP contribution in [0.15, 0.2) is 4.99 Å². The summed E-state index contributed by atoms with van der Waals surface area (Å²) in [5.74, 6) is 3.24. The third-order valence-electron chi connectivity index (χ3n) is 4.49. The maximum atomic E-state index is 11.6. The number of likely N-dealkylation sites (tertiary alicyclic amines) is 1. The Morgan fingerprint density at radius 1 is 1.43 bits per heavy atom. The van der Waals surface area contributed by atoms with Crippen LogP contribution < -0.4 is 5.32 Å². The van der Waals surface area contributed by atoms with Crippen LogP contribution in [0.25, 0.3) is 0 Å². The molecule has 132 valence electrons. The molecule has 2 aliphatic heterocycles. The van der Waals surface area contributed by atoms with Crippen LogP contribution in [0.3, 0.4) is 0 Å². The summed E-state index contributed by atoms with van der Waals surface area (Å²) < 4.78 is 0. The molecule has 0 aromatic rings. The quantitative estimate of drug-likeness (QED) is 0.457. The maximum absolute atomic E-state index is 11.6. The minimum atomic E-state index is 0.314. The second-order valence-electron chi connectivity index (χ2n) is 6.67. The van der Waals surface area contributed by atoms with Crippen LogP contribution in [0.1, 0.15) is 40.0 Å². The lowest BCUT2D eigenvalue weighted by atomic mass is 10.1. The molecule has 0 aromatic heterocycles. The zero-order chi connectivity index (χ0) is 16.7. The van der Waals surface area contributed by atoms with Gasteiger partial charge in [-0.3, -0.25) is 9.79 Å². The summed E-state index contributed by atoms with van der Waals surface area (Å²) in [4.78, 5) is 20.8. The van der Waals surface area contributed by atoms with Crippen molar-refractivity contribution in [2.75, 3.05) is 45.0 Å². The first-order chi connectivity index (χ1) is 11.1. The molecule has 2 heterocycles. The Balaban J connectivity index is 1.82. The van der Waals surface area contributed by atoms with Crippen LogP contribution >= 0.6 is 11.8 Å². The van der Waals surface area contributed by atoms with Crippen molar-refractivity contribution in [3.8, 4) is 0 Å². The number of rotatable bonds is 6. The SMILES string of the molecule is CCNC(=NCCCN1CCCC1=O)N1CCSC(C(C)C)C1. The average molecular weight is 341 g/mol. The van der Waals surface area contributed by atoms with Gasteiger partial charge < -0.3 is 15.1 Å². The number of amides is 1. The summed E-state index contributed by atoms with van der Waals surface area (Å²) in [6.45, 7) is 12.4. The highest BCUT2D eigenvalue weighted by atomic mass is 32.2. The van der Waals surface area contributed by atoms with Crippen LogP contribution in [-0.4, -0.2) is 71.9 Å². The van der Waals surface area contributed by atoms with E-state index in [0.717, 1.165) is 64.5 Å². The molecular formula is C17H32N4OS. The molecule has 1 N–H and O–H groups in total. The Kier molecular flexibility index (Phi) is 7.53. The number of guanidine groups is 1. The van der Waals surface area contributed by atoms with E-state index in [4.69, 9.17) is 4.99 Å². The van der Waals surface area contributed by atoms with Crippen molar-refractivity contribution in [2.24, 2.45) is 10.9 Å². The van der Waals surface area contributed by atoms with Gasteiger partial charge in [-0.2, -0.15) is 11.8 Å². The van der Waals surface area contributed by atoms with Gasteiger partial charge >= 0.3 is 0 Å². The number of carbonyl (C=O) groups is 1. The van der Waals surface area contributed by atoms with Crippen LogP contribution in [0, 0.1) is 5.92 Å². The Bertz CT molecular complexity index is 413. The largest absolute Gasteiger partial charge is 0.357 e. The zero-order valence-corrected chi connectivity index (χ0v) is 15.7. The number of carbonyl (C=O) groups excluding carboxylic acids is 1. The highest BCUT2D eigenvalue weighted by Gasteiger charge is 2.25. The molecule has 0 aliphatic carbocycles. The van der Waals surface area contributed by atoms with Crippen LogP contribution in [0.4, 0.5) is 0 Å². The third kappa shape index (κ3) is 5.59. The zero-order valence-electron chi connectivity index (χ0n) is 14.9. The fourth-order valence-corrected chi connectivity index (χ4v) is 4.38. The first kappa shape index (κ1) is 18.4. The number of nitrogens with zero attached hydrogens (tertiary/aromatic N) is 3. The highest BCUT2D eigenvalue weighted by Crippen LogP contribution is 2.24. The normalized spacial score (nSPS) is 23.0. The molecule has 6 heteroatoms. The predicted octanol–water partition coefficient (Wildman–Crippen LogP) is 2.04. The molecule has 0 spiro atoms. The van der Waals surface area contributed by atoms with Gasteiger partial charge in [0.05, 0.1) is 0 Å². The van der Waals surface area contributed by atoms with Crippen LogP contribution in [-0.2, 0) is 4.79 Å². The molecular weight excluding hydrogens is 308 g/mol. The molecule has 5 nitrogen and oxygen atoms in total. The molecule has 0 radical (unpaired) electrons. The molecule has 1 atom stereocenters. The van der Waals surface area contributed by atoms with Gasteiger partial charge in [-0.05, 0) is 25.7 Å². The summed E-state index contributed by atoms with van der Waals surface area (Å²) in [6.07, 6.45) is 2.71. The lowest BCUT2D eigenvalue weighted by molar-refractivity contribution is -0.127. The van der Waals surface area contributed by atoms with E-state index in [-0.39, 0.29) is 0 Å². The van der Waals surface area contributed by atoms with Crippen LogP contribution in [0.5, 0.6) is 0 Å². The van der Waals surface area contributed by atoms with Gasteiger partial charge in [0.15, 0.2) is 5.96 Å². The van der Waals surface area contributed by atoms with Gasteiger partial charge in [0, 0.05) is 56.7 Å². The first-order valence-corrected chi connectivity index (χ1v) is 10.1. The lowest BCUT2D eigenvalue weighted by Crippen LogP contribution is -2.49. The fourth-order valence-electron chi connectivity index (χ4n) is 3.08. The van der Waals surface area contributed by atoms with Gasteiger partial charge in [-0.25, -0.2) is 0 Å². The van der Waals surface area contributed by atoms with E-state index in [1.807, 2.05) is 4.90 Å². The monoisotopic (exact) mass is 340 g/mol. The van der Waals surface area contributed by atoms with Crippen molar-refractivity contribution in [1.82, 2.24) is 15.1 Å². The molecule has 2 aliphatic rings. The topological polar surface area (TPSA) is 47.9 Å². The van der Waals surface area contributed by atoms with E-state index in [1.165, 1.54) is 5.75 Å². The molecule has 0 aromatic carbocycles. The fraction of sp³-hybridized carbons (Fsp3) is 0.882. The molecule has 1 unspecified atom stereocenters. The molecule has 0 bridgehead atoms. The van der Waals surface area contributed by atoms with Gasteiger partial charge in [0.25, 0.3) is 0 Å². The molecule has 2 saturated heterocycles. The van der Waals surface area contributed by atoms with Gasteiger partial charge in [-0.1, -0.05) is 13.8 Å². The Hall–Kier alpha value is -0.910. The molecule has 2 fully saturated rings. The Morgan fingerprint density at radius 3 is 2.91 bits per heavy atom. The summed E-state index contributed by atoms with van der Waals surface area (Å²) >= 11 is 2.09. The Labute approximate surface area is 145 Å². The highest BCUT2D eigenvalue weighted by molar-refractivity contribution is 8.00. The third-order valence-corrected chi connectivity index (χ3v) is 6.03. The first-order valence-electron chi connectivity index (χ1n) is 9.04. The van der Waals surface area contributed by atoms with Crippen molar-refractivity contribution in [2.45, 2.75) is 45.3 Å². The van der Waals surface area contributed by atoms with Crippen molar-refractivity contribution < 1.29 is 4.79 Å². The number of hydrogen-bond donors (Lipinski definition) is 1. The summed E-state index contributed by atoms with van der Waals surface area (Å²) in [5, 5.41) is 4.12. The van der Waals surface area contributed by atoms with Crippen molar-refractivity contribution >= 4 is 23.6 Å². The second-order valence-corrected chi connectivity index (χ2v) is 8.02. The van der Waals surface area contributed by atoms with Gasteiger partial charge in [0.2, 0.25) is 5.91 Å². The standard InChI is InChI=1S/C17H32N4OS/c1-4-18-17(21-11-12-23-15(13-21)14(2)3)19-8-6-10-20-9-5-7-16(20)22/h14-15H,4-13H2,1-3H3,(H,18,19). The number of thioether (sulfide) groups is 1. The molecule has 1 amide bonds. The van der Waals surface area contributed by atoms with Gasteiger partial charge in [-0.15, -0.1) is 0 Å². The van der Waals surface area contributed by atoms with E-state index in [2.05, 4.69) is 42.7 Å². The minimum absolute atomic E-state index is 0.314. The van der Waals surface area contributed by atoms with E-state index in [1.54, 1.807) is 0 Å². The lowest BCUT2D eigenvalue weighted by Gasteiger charge is -2.36. The van der Waals surface area contributed by atoms with E-state index >= 15 is 0 Å². The molecule has 23 heavy (non-hydrogen) atoms. The van der Waals surface area contributed by atoms with Gasteiger partial charge in [0.1, 0.15) is 0 Å². The van der Waals surface area contributed by atoms with Crippen molar-refractivity contribution in [3.05, 3.63) is 0 Å². The maximum Gasteiger partial charge on any atom is 0.222 e. The Morgan fingerprint density at radius 2 is 2.26 bits per heavy atom. The average Bonchev–Trinajstić information content (AvgIpc) is 2.95. The van der Waals surface area contributed by atoms with Crippen LogP contribution in [0.2, 0.25) is 0 Å². The van der Waals surface area contributed by atoms with E-state index in [0.29, 0.717) is 17.1 Å². The molecule has 2 rings (SSSR count). The summed E-state index contributed by atoms with van der Waals surface area (Å²) in [5.41, 5.74) is 0. The number of aliphatic imine (C=N–C) groups is 1. The minimum Gasteiger partial charge on any atom is -0.357 e. The molecule has 0 saturated carbocycles. The number of hydrogen-bond acceptors (Lipinski definition) is 3. The summed E-state index contributed by atoms with van der Waals surface area (Å²) in [6, 6.07) is 0. The number of nitrogens with one attached hydrogen (secondary N) is 1. The van der Waals surface area contributed by atoms with Crippen molar-refractivity contribution in [3.63, 3.8) is 0 Å². The second kappa shape index (κ2) is 9.40. The predicted molar refractivity (Wildman–Crippen MR) is 99.1 cm³/mol. The van der Waals surface area contributed by atoms with Crippen molar-refractivity contribution in [1.29, 1.82) is 0 Å². The van der Waals surface area contributed by atoms with E-state index in [9.17, 15) is 4.79 Å². The summed E-state index contributed by atoms with van der Waals surface area (Å²) in [7, 11) is 0.